The molecule has 1 aliphatic carbocycles. The summed E-state index contributed by atoms with van der Waals surface area (Å²) in [5.74, 6) is 1.79. The summed E-state index contributed by atoms with van der Waals surface area (Å²) in [5.41, 5.74) is 1.21. The number of hydrogen-bond acceptors (Lipinski definition) is 1. The largest absolute Gasteiger partial charge is 0.491 e. The van der Waals surface area contributed by atoms with Crippen LogP contribution in [0, 0.1) is 5.92 Å². The predicted octanol–water partition coefficient (Wildman–Crippen LogP) is 4.55. The standard InChI is InChI=1S/C14H19ClO/c1-10(2)16-13-7-5-12(6-8-13)14(15)9-11-3-4-11/h5-8,10-11,14H,3-4,9H2,1-2H3. The summed E-state index contributed by atoms with van der Waals surface area (Å²) in [5, 5.41) is 0.167. The minimum absolute atomic E-state index is 0.167. The molecule has 0 saturated heterocycles. The van der Waals surface area contributed by atoms with Gasteiger partial charge in [0.1, 0.15) is 5.75 Å². The third-order valence-corrected chi connectivity index (χ3v) is 3.28. The van der Waals surface area contributed by atoms with Gasteiger partial charge in [-0.25, -0.2) is 0 Å². The summed E-state index contributed by atoms with van der Waals surface area (Å²) in [6.45, 7) is 4.07. The zero-order valence-electron chi connectivity index (χ0n) is 9.95. The second kappa shape index (κ2) is 5.09. The van der Waals surface area contributed by atoms with Gasteiger partial charge in [-0.2, -0.15) is 0 Å². The van der Waals surface area contributed by atoms with Crippen LogP contribution in [0.1, 0.15) is 44.1 Å². The van der Waals surface area contributed by atoms with Crippen molar-refractivity contribution in [2.75, 3.05) is 0 Å². The first kappa shape index (κ1) is 11.8. The average molecular weight is 239 g/mol. The van der Waals surface area contributed by atoms with Crippen LogP contribution < -0.4 is 4.74 Å². The molecular formula is C14H19ClO. The Labute approximate surface area is 103 Å². The van der Waals surface area contributed by atoms with E-state index in [0.717, 1.165) is 18.1 Å². The van der Waals surface area contributed by atoms with Crippen molar-refractivity contribution >= 4 is 11.6 Å². The Morgan fingerprint density at radius 2 is 1.88 bits per heavy atom. The van der Waals surface area contributed by atoms with Gasteiger partial charge in [0.2, 0.25) is 0 Å². The van der Waals surface area contributed by atoms with Crippen molar-refractivity contribution in [1.29, 1.82) is 0 Å². The molecule has 1 fully saturated rings. The Kier molecular flexibility index (Phi) is 3.75. The quantitative estimate of drug-likeness (QED) is 0.684. The molecule has 0 aliphatic heterocycles. The molecule has 0 aromatic heterocycles. The lowest BCUT2D eigenvalue weighted by Crippen LogP contribution is -2.05. The molecule has 1 saturated carbocycles. The molecule has 1 atom stereocenters. The van der Waals surface area contributed by atoms with Crippen molar-refractivity contribution in [2.24, 2.45) is 5.92 Å². The molecule has 1 aliphatic rings. The molecule has 1 unspecified atom stereocenters. The molecule has 0 amide bonds. The molecule has 0 heterocycles. The minimum Gasteiger partial charge on any atom is -0.491 e. The molecule has 1 aromatic rings. The van der Waals surface area contributed by atoms with Gasteiger partial charge < -0.3 is 4.74 Å². The lowest BCUT2D eigenvalue weighted by molar-refractivity contribution is 0.242. The molecule has 0 N–H and O–H groups in total. The summed E-state index contributed by atoms with van der Waals surface area (Å²) < 4.78 is 5.60. The first-order valence-corrected chi connectivity index (χ1v) is 6.49. The van der Waals surface area contributed by atoms with E-state index >= 15 is 0 Å². The Balaban J connectivity index is 1.94. The second-order valence-corrected chi connectivity index (χ2v) is 5.41. The van der Waals surface area contributed by atoms with Gasteiger partial charge in [0.05, 0.1) is 11.5 Å². The Hall–Kier alpha value is -0.690. The van der Waals surface area contributed by atoms with Crippen LogP contribution in [0.25, 0.3) is 0 Å². The van der Waals surface area contributed by atoms with E-state index in [0.29, 0.717) is 0 Å². The number of ether oxygens (including phenoxy) is 1. The van der Waals surface area contributed by atoms with E-state index in [2.05, 4.69) is 12.1 Å². The van der Waals surface area contributed by atoms with Crippen molar-refractivity contribution in [1.82, 2.24) is 0 Å². The molecule has 0 radical (unpaired) electrons. The first-order chi connectivity index (χ1) is 7.65. The van der Waals surface area contributed by atoms with Gasteiger partial charge in [0.25, 0.3) is 0 Å². The van der Waals surface area contributed by atoms with Crippen molar-refractivity contribution in [2.45, 2.75) is 44.6 Å². The van der Waals surface area contributed by atoms with Crippen molar-refractivity contribution in [3.63, 3.8) is 0 Å². The van der Waals surface area contributed by atoms with E-state index in [1.54, 1.807) is 0 Å². The van der Waals surface area contributed by atoms with Crippen LogP contribution in [0.2, 0.25) is 0 Å². The fourth-order valence-electron chi connectivity index (χ4n) is 1.81. The summed E-state index contributed by atoms with van der Waals surface area (Å²) in [4.78, 5) is 0. The van der Waals surface area contributed by atoms with Crippen LogP contribution in [0.3, 0.4) is 0 Å². The van der Waals surface area contributed by atoms with Gasteiger partial charge in [-0.3, -0.25) is 0 Å². The van der Waals surface area contributed by atoms with Gasteiger partial charge in [-0.05, 0) is 43.9 Å². The number of benzene rings is 1. The monoisotopic (exact) mass is 238 g/mol. The van der Waals surface area contributed by atoms with E-state index in [1.807, 2.05) is 26.0 Å². The summed E-state index contributed by atoms with van der Waals surface area (Å²) in [6, 6.07) is 8.19. The van der Waals surface area contributed by atoms with Crippen LogP contribution in [-0.4, -0.2) is 6.10 Å². The average Bonchev–Trinajstić information content (AvgIpc) is 3.01. The second-order valence-electron chi connectivity index (χ2n) is 4.88. The highest BCUT2D eigenvalue weighted by Crippen LogP contribution is 2.40. The fourth-order valence-corrected chi connectivity index (χ4v) is 2.21. The molecule has 1 nitrogen and oxygen atoms in total. The smallest absolute Gasteiger partial charge is 0.119 e. The highest BCUT2D eigenvalue weighted by Gasteiger charge is 2.25. The Morgan fingerprint density at radius 3 is 2.38 bits per heavy atom. The van der Waals surface area contributed by atoms with Crippen LogP contribution in [0.15, 0.2) is 24.3 Å². The molecule has 1 aromatic carbocycles. The maximum absolute atomic E-state index is 6.36. The van der Waals surface area contributed by atoms with Crippen LogP contribution in [0.5, 0.6) is 5.75 Å². The summed E-state index contributed by atoms with van der Waals surface area (Å²) in [6.07, 6.45) is 4.06. The van der Waals surface area contributed by atoms with Crippen LogP contribution in [-0.2, 0) is 0 Å². The lowest BCUT2D eigenvalue weighted by Gasteiger charge is -2.12. The van der Waals surface area contributed by atoms with Gasteiger partial charge in [-0.15, -0.1) is 11.6 Å². The highest BCUT2D eigenvalue weighted by atomic mass is 35.5. The van der Waals surface area contributed by atoms with Crippen LogP contribution >= 0.6 is 11.6 Å². The summed E-state index contributed by atoms with van der Waals surface area (Å²) in [7, 11) is 0. The molecule has 88 valence electrons. The van der Waals surface area contributed by atoms with E-state index in [1.165, 1.54) is 18.4 Å². The minimum atomic E-state index is 0.167. The Bertz CT molecular complexity index is 327. The molecule has 2 heteroatoms. The SMILES string of the molecule is CC(C)Oc1ccc(C(Cl)CC2CC2)cc1. The van der Waals surface area contributed by atoms with Gasteiger partial charge in [0.15, 0.2) is 0 Å². The normalized spacial score (nSPS) is 17.5. The molecule has 2 rings (SSSR count). The zero-order valence-corrected chi connectivity index (χ0v) is 10.7. The van der Waals surface area contributed by atoms with Crippen molar-refractivity contribution in [3.05, 3.63) is 29.8 Å². The van der Waals surface area contributed by atoms with Crippen molar-refractivity contribution < 1.29 is 4.74 Å². The highest BCUT2D eigenvalue weighted by molar-refractivity contribution is 6.20. The third-order valence-electron chi connectivity index (χ3n) is 2.85. The van der Waals surface area contributed by atoms with E-state index in [-0.39, 0.29) is 11.5 Å². The van der Waals surface area contributed by atoms with E-state index in [4.69, 9.17) is 16.3 Å². The van der Waals surface area contributed by atoms with Crippen molar-refractivity contribution in [3.8, 4) is 5.75 Å². The first-order valence-electron chi connectivity index (χ1n) is 6.06. The Morgan fingerprint density at radius 1 is 1.25 bits per heavy atom. The van der Waals surface area contributed by atoms with Gasteiger partial charge in [-0.1, -0.05) is 25.0 Å². The number of halogens is 1. The summed E-state index contributed by atoms with van der Waals surface area (Å²) >= 11 is 6.36. The van der Waals surface area contributed by atoms with Gasteiger partial charge in [0, 0.05) is 0 Å². The van der Waals surface area contributed by atoms with Crippen LogP contribution in [0.4, 0.5) is 0 Å². The third kappa shape index (κ3) is 3.41. The fraction of sp³-hybridized carbons (Fsp3) is 0.571. The molecule has 0 spiro atoms. The molecule has 0 bridgehead atoms. The maximum atomic E-state index is 6.36. The lowest BCUT2D eigenvalue weighted by atomic mass is 10.1. The van der Waals surface area contributed by atoms with Gasteiger partial charge >= 0.3 is 0 Å². The number of hydrogen-bond donors (Lipinski definition) is 0. The van der Waals surface area contributed by atoms with E-state index < -0.39 is 0 Å². The predicted molar refractivity (Wildman–Crippen MR) is 68.1 cm³/mol. The topological polar surface area (TPSA) is 9.23 Å². The maximum Gasteiger partial charge on any atom is 0.119 e. The number of alkyl halides is 1. The molecule has 16 heavy (non-hydrogen) atoms. The van der Waals surface area contributed by atoms with E-state index in [9.17, 15) is 0 Å². The zero-order chi connectivity index (χ0) is 11.5. The number of rotatable bonds is 5. The molecular weight excluding hydrogens is 220 g/mol.